The second-order valence-electron chi connectivity index (χ2n) is 5.91. The minimum absolute atomic E-state index is 0.0782. The molecule has 0 aliphatic carbocycles. The summed E-state index contributed by atoms with van der Waals surface area (Å²) in [5.74, 6) is 0.607. The Morgan fingerprint density at radius 1 is 1.14 bits per heavy atom. The minimum Gasteiger partial charge on any atom is -0.497 e. The molecule has 6 nitrogen and oxygen atoms in total. The molecule has 0 aliphatic rings. The molecule has 0 bridgehead atoms. The molecule has 0 aliphatic heterocycles. The van der Waals surface area contributed by atoms with E-state index in [-0.39, 0.29) is 28.0 Å². The highest BCUT2D eigenvalue weighted by atomic mass is 35.5. The molecule has 29 heavy (non-hydrogen) atoms. The third-order valence-corrected chi connectivity index (χ3v) is 5.48. The van der Waals surface area contributed by atoms with Crippen molar-refractivity contribution in [3.05, 3.63) is 63.8 Å². The lowest BCUT2D eigenvalue weighted by Crippen LogP contribution is -2.15. The van der Waals surface area contributed by atoms with Crippen LogP contribution in [0.2, 0.25) is 10.0 Å². The number of carbonyl (C=O) groups is 2. The molecule has 1 heterocycles. The van der Waals surface area contributed by atoms with Crippen molar-refractivity contribution < 1.29 is 18.8 Å². The number of aromatic nitrogens is 1. The molecule has 2 aromatic carbocycles. The Labute approximate surface area is 181 Å². The van der Waals surface area contributed by atoms with E-state index in [4.69, 9.17) is 32.5 Å². The van der Waals surface area contributed by atoms with Gasteiger partial charge in [0.2, 0.25) is 11.0 Å². The highest BCUT2D eigenvalue weighted by Gasteiger charge is 2.25. The zero-order valence-corrected chi connectivity index (χ0v) is 17.8. The number of nitrogens with one attached hydrogen (secondary N) is 1. The summed E-state index contributed by atoms with van der Waals surface area (Å²) in [4.78, 5) is 25.0. The molecule has 3 aromatic rings. The summed E-state index contributed by atoms with van der Waals surface area (Å²) in [6, 6.07) is 11.9. The van der Waals surface area contributed by atoms with Gasteiger partial charge in [0.25, 0.3) is 0 Å². The van der Waals surface area contributed by atoms with Crippen LogP contribution in [-0.4, -0.2) is 29.0 Å². The lowest BCUT2D eigenvalue weighted by atomic mass is 10.1. The van der Waals surface area contributed by atoms with Gasteiger partial charge >= 0.3 is 0 Å². The molecule has 1 amide bonds. The quantitative estimate of drug-likeness (QED) is 0.535. The molecule has 9 heteroatoms. The minimum atomic E-state index is -0.361. The average molecular weight is 451 g/mol. The van der Waals surface area contributed by atoms with Gasteiger partial charge in [-0.3, -0.25) is 9.59 Å². The van der Waals surface area contributed by atoms with Crippen LogP contribution in [0.1, 0.15) is 16.1 Å². The predicted molar refractivity (Wildman–Crippen MR) is 115 cm³/mol. The van der Waals surface area contributed by atoms with Crippen molar-refractivity contribution in [3.8, 4) is 17.0 Å². The van der Waals surface area contributed by atoms with Crippen LogP contribution in [-0.2, 0) is 4.79 Å². The number of hydrogen-bond donors (Lipinski definition) is 1. The van der Waals surface area contributed by atoms with E-state index in [1.807, 2.05) is 0 Å². The third kappa shape index (κ3) is 4.93. The van der Waals surface area contributed by atoms with E-state index in [9.17, 15) is 9.59 Å². The van der Waals surface area contributed by atoms with Gasteiger partial charge in [0.15, 0.2) is 0 Å². The second-order valence-corrected chi connectivity index (χ2v) is 7.67. The fourth-order valence-electron chi connectivity index (χ4n) is 2.58. The van der Waals surface area contributed by atoms with E-state index in [0.29, 0.717) is 32.8 Å². The highest BCUT2D eigenvalue weighted by molar-refractivity contribution is 8.14. The van der Waals surface area contributed by atoms with E-state index < -0.39 is 0 Å². The fraction of sp³-hybridized carbons (Fsp3) is 0.150. The van der Waals surface area contributed by atoms with Crippen LogP contribution < -0.4 is 10.1 Å². The van der Waals surface area contributed by atoms with Crippen molar-refractivity contribution in [1.82, 2.24) is 5.16 Å². The van der Waals surface area contributed by atoms with Crippen LogP contribution in [0.5, 0.6) is 5.75 Å². The normalized spacial score (nSPS) is 10.6. The predicted octanol–water partition coefficient (Wildman–Crippen LogP) is 5.48. The first kappa shape index (κ1) is 21.2. The Hall–Kier alpha value is -2.48. The number of amides is 1. The number of nitrogens with zero attached hydrogens (tertiary/aromatic N) is 1. The molecule has 0 fully saturated rings. The molecule has 1 aromatic heterocycles. The van der Waals surface area contributed by atoms with Crippen LogP contribution in [0, 0.1) is 6.92 Å². The Morgan fingerprint density at radius 2 is 1.79 bits per heavy atom. The standard InChI is InChI=1S/C20H16Cl2N2O4S/c1-11-17(19(24-28-11)18-14(21)4-3-5-15(18)22)20(26)29-10-16(25)23-12-6-8-13(27-2)9-7-12/h3-9H,10H2,1-2H3,(H,23,25). The maximum absolute atomic E-state index is 12.8. The number of methoxy groups -OCH3 is 1. The molecular weight excluding hydrogens is 435 g/mol. The lowest BCUT2D eigenvalue weighted by molar-refractivity contribution is -0.113. The number of carbonyl (C=O) groups excluding carboxylic acids is 2. The van der Waals surface area contributed by atoms with Gasteiger partial charge in [-0.25, -0.2) is 0 Å². The van der Waals surface area contributed by atoms with E-state index in [2.05, 4.69) is 10.5 Å². The number of thioether (sulfide) groups is 1. The van der Waals surface area contributed by atoms with Crippen LogP contribution in [0.3, 0.4) is 0 Å². The maximum atomic E-state index is 12.8. The zero-order chi connectivity index (χ0) is 21.0. The van der Waals surface area contributed by atoms with Gasteiger partial charge in [0.1, 0.15) is 17.2 Å². The Morgan fingerprint density at radius 3 is 2.41 bits per heavy atom. The second kappa shape index (κ2) is 9.35. The zero-order valence-electron chi connectivity index (χ0n) is 15.5. The first-order chi connectivity index (χ1) is 13.9. The SMILES string of the molecule is COc1ccc(NC(=O)CSC(=O)c2c(-c3c(Cl)cccc3Cl)noc2C)cc1. The van der Waals surface area contributed by atoms with Gasteiger partial charge in [0.05, 0.1) is 28.5 Å². The summed E-state index contributed by atoms with van der Waals surface area (Å²) < 4.78 is 10.3. The van der Waals surface area contributed by atoms with Gasteiger partial charge in [0, 0.05) is 11.3 Å². The summed E-state index contributed by atoms with van der Waals surface area (Å²) in [6.07, 6.45) is 0. The summed E-state index contributed by atoms with van der Waals surface area (Å²) in [6.45, 7) is 1.62. The molecule has 0 unspecified atom stereocenters. The Bertz CT molecular complexity index is 1030. The molecule has 0 saturated heterocycles. The first-order valence-electron chi connectivity index (χ1n) is 8.42. The van der Waals surface area contributed by atoms with E-state index in [1.165, 1.54) is 0 Å². The number of ether oxygens (including phenoxy) is 1. The average Bonchev–Trinajstić information content (AvgIpc) is 3.08. The van der Waals surface area contributed by atoms with Gasteiger partial charge in [-0.05, 0) is 43.3 Å². The van der Waals surface area contributed by atoms with Crippen LogP contribution in [0.25, 0.3) is 11.3 Å². The van der Waals surface area contributed by atoms with E-state index in [0.717, 1.165) is 11.8 Å². The topological polar surface area (TPSA) is 81.4 Å². The summed E-state index contributed by atoms with van der Waals surface area (Å²) in [5.41, 5.74) is 1.52. The number of aryl methyl sites for hydroxylation is 1. The Kier molecular flexibility index (Phi) is 6.84. The van der Waals surface area contributed by atoms with Crippen molar-refractivity contribution >= 4 is 51.7 Å². The molecule has 1 N–H and O–H groups in total. The summed E-state index contributed by atoms with van der Waals surface area (Å²) in [5, 5.41) is 7.01. The van der Waals surface area contributed by atoms with Crippen molar-refractivity contribution in [1.29, 1.82) is 0 Å². The number of hydrogen-bond acceptors (Lipinski definition) is 6. The van der Waals surface area contributed by atoms with Crippen LogP contribution in [0.4, 0.5) is 5.69 Å². The largest absolute Gasteiger partial charge is 0.497 e. The monoisotopic (exact) mass is 450 g/mol. The number of anilines is 1. The van der Waals surface area contributed by atoms with Crippen molar-refractivity contribution in [2.24, 2.45) is 0 Å². The third-order valence-electron chi connectivity index (χ3n) is 3.97. The molecular formula is C20H16Cl2N2O4S. The van der Waals surface area contributed by atoms with Crippen LogP contribution >= 0.6 is 35.0 Å². The Balaban J connectivity index is 1.71. The molecule has 0 saturated carbocycles. The number of rotatable bonds is 6. The van der Waals surface area contributed by atoms with Crippen LogP contribution in [0.15, 0.2) is 47.0 Å². The smallest absolute Gasteiger partial charge is 0.234 e. The van der Waals surface area contributed by atoms with Gasteiger partial charge in [-0.1, -0.05) is 46.2 Å². The molecule has 0 spiro atoms. The highest BCUT2D eigenvalue weighted by Crippen LogP contribution is 2.37. The lowest BCUT2D eigenvalue weighted by Gasteiger charge is -2.07. The van der Waals surface area contributed by atoms with Crippen molar-refractivity contribution in [3.63, 3.8) is 0 Å². The molecule has 3 rings (SSSR count). The molecule has 0 radical (unpaired) electrons. The first-order valence-corrected chi connectivity index (χ1v) is 10.2. The van der Waals surface area contributed by atoms with E-state index >= 15 is 0 Å². The van der Waals surface area contributed by atoms with Crippen molar-refractivity contribution in [2.75, 3.05) is 18.2 Å². The van der Waals surface area contributed by atoms with Crippen molar-refractivity contribution in [2.45, 2.75) is 6.92 Å². The van der Waals surface area contributed by atoms with Gasteiger partial charge in [-0.2, -0.15) is 0 Å². The summed E-state index contributed by atoms with van der Waals surface area (Å²) in [7, 11) is 1.56. The number of halogens is 2. The van der Waals surface area contributed by atoms with E-state index in [1.54, 1.807) is 56.5 Å². The van der Waals surface area contributed by atoms with Gasteiger partial charge < -0.3 is 14.6 Å². The number of benzene rings is 2. The fourth-order valence-corrected chi connectivity index (χ4v) is 3.88. The maximum Gasteiger partial charge on any atom is 0.234 e. The summed E-state index contributed by atoms with van der Waals surface area (Å²) >= 11 is 13.3. The van der Waals surface area contributed by atoms with Gasteiger partial charge in [-0.15, -0.1) is 0 Å². The molecule has 0 atom stereocenters. The molecule has 150 valence electrons.